The van der Waals surface area contributed by atoms with E-state index in [2.05, 4.69) is 20.8 Å². The standard InChI is InChI=1S/C10H19F/c1-9(2,3)7-10(8-11)5-4-6-10/h4-8H2,1-3H3. The van der Waals surface area contributed by atoms with Crippen LogP contribution in [-0.4, -0.2) is 6.67 Å². The summed E-state index contributed by atoms with van der Waals surface area (Å²) in [6.45, 7) is 6.48. The van der Waals surface area contributed by atoms with E-state index in [9.17, 15) is 4.39 Å². The van der Waals surface area contributed by atoms with Crippen LogP contribution in [0.15, 0.2) is 0 Å². The van der Waals surface area contributed by atoms with E-state index in [0.717, 1.165) is 19.3 Å². The minimum Gasteiger partial charge on any atom is -0.250 e. The van der Waals surface area contributed by atoms with Gasteiger partial charge in [-0.3, -0.25) is 4.39 Å². The molecule has 0 spiro atoms. The van der Waals surface area contributed by atoms with Gasteiger partial charge < -0.3 is 0 Å². The average Bonchev–Trinajstić information content (AvgIpc) is 1.77. The van der Waals surface area contributed by atoms with Gasteiger partial charge in [-0.05, 0) is 30.1 Å². The van der Waals surface area contributed by atoms with Gasteiger partial charge in [0.05, 0.1) is 6.67 Å². The summed E-state index contributed by atoms with van der Waals surface area (Å²) >= 11 is 0. The Hall–Kier alpha value is -0.0700. The Morgan fingerprint density at radius 1 is 1.27 bits per heavy atom. The highest BCUT2D eigenvalue weighted by Crippen LogP contribution is 2.48. The Morgan fingerprint density at radius 2 is 1.82 bits per heavy atom. The van der Waals surface area contributed by atoms with Crippen molar-refractivity contribution in [2.45, 2.75) is 46.5 Å². The van der Waals surface area contributed by atoms with Crippen LogP contribution in [0.25, 0.3) is 0 Å². The van der Waals surface area contributed by atoms with Crippen molar-refractivity contribution in [2.24, 2.45) is 10.8 Å². The number of hydrogen-bond acceptors (Lipinski definition) is 0. The molecule has 0 amide bonds. The molecule has 0 aliphatic heterocycles. The number of rotatable bonds is 2. The maximum Gasteiger partial charge on any atom is 0.0950 e. The van der Waals surface area contributed by atoms with E-state index < -0.39 is 0 Å². The summed E-state index contributed by atoms with van der Waals surface area (Å²) in [5.41, 5.74) is 0.380. The summed E-state index contributed by atoms with van der Waals surface area (Å²) in [4.78, 5) is 0. The van der Waals surface area contributed by atoms with Gasteiger partial charge in [-0.2, -0.15) is 0 Å². The molecule has 1 saturated carbocycles. The molecule has 1 aliphatic rings. The first kappa shape index (κ1) is 9.02. The topological polar surface area (TPSA) is 0 Å². The normalized spacial score (nSPS) is 22.9. The molecule has 0 unspecified atom stereocenters. The van der Waals surface area contributed by atoms with Crippen LogP contribution in [-0.2, 0) is 0 Å². The molecule has 0 aromatic carbocycles. The summed E-state index contributed by atoms with van der Waals surface area (Å²) in [6, 6.07) is 0. The van der Waals surface area contributed by atoms with Gasteiger partial charge in [0.2, 0.25) is 0 Å². The van der Waals surface area contributed by atoms with Crippen molar-refractivity contribution in [3.63, 3.8) is 0 Å². The highest BCUT2D eigenvalue weighted by atomic mass is 19.1. The maximum atomic E-state index is 12.6. The molecule has 1 fully saturated rings. The fraction of sp³-hybridized carbons (Fsp3) is 1.00. The highest BCUT2D eigenvalue weighted by molar-refractivity contribution is 4.90. The predicted octanol–water partition coefficient (Wildman–Crippen LogP) is 3.56. The van der Waals surface area contributed by atoms with Gasteiger partial charge in [0.25, 0.3) is 0 Å². The van der Waals surface area contributed by atoms with E-state index >= 15 is 0 Å². The van der Waals surface area contributed by atoms with Gasteiger partial charge in [-0.15, -0.1) is 0 Å². The van der Waals surface area contributed by atoms with Gasteiger partial charge in [-0.1, -0.05) is 27.2 Å². The lowest BCUT2D eigenvalue weighted by molar-refractivity contribution is 0.0409. The SMILES string of the molecule is CC(C)(C)CC1(CF)CCC1. The number of hydrogen-bond donors (Lipinski definition) is 0. The molecule has 1 aliphatic carbocycles. The third kappa shape index (κ3) is 2.18. The van der Waals surface area contributed by atoms with Crippen LogP contribution < -0.4 is 0 Å². The molecule has 0 aromatic heterocycles. The van der Waals surface area contributed by atoms with Crippen LogP contribution in [0.3, 0.4) is 0 Å². The predicted molar refractivity (Wildman–Crippen MR) is 46.3 cm³/mol. The van der Waals surface area contributed by atoms with Crippen molar-refractivity contribution in [1.82, 2.24) is 0 Å². The van der Waals surface area contributed by atoms with Gasteiger partial charge in [0.15, 0.2) is 0 Å². The molecule has 0 atom stereocenters. The van der Waals surface area contributed by atoms with E-state index in [0.29, 0.717) is 5.41 Å². The Balaban J connectivity index is 2.45. The molecule has 1 rings (SSSR count). The van der Waals surface area contributed by atoms with Gasteiger partial charge >= 0.3 is 0 Å². The van der Waals surface area contributed by atoms with Gasteiger partial charge in [-0.25, -0.2) is 0 Å². The smallest absolute Gasteiger partial charge is 0.0950 e. The fourth-order valence-electron chi connectivity index (χ4n) is 2.16. The van der Waals surface area contributed by atoms with E-state index in [1.54, 1.807) is 0 Å². The quantitative estimate of drug-likeness (QED) is 0.576. The molecule has 0 aromatic rings. The molecular weight excluding hydrogens is 139 g/mol. The Morgan fingerprint density at radius 3 is 1.91 bits per heavy atom. The molecule has 0 heterocycles. The first-order valence-electron chi connectivity index (χ1n) is 4.54. The second kappa shape index (κ2) is 2.76. The first-order valence-corrected chi connectivity index (χ1v) is 4.54. The highest BCUT2D eigenvalue weighted by Gasteiger charge is 2.39. The molecule has 66 valence electrons. The van der Waals surface area contributed by atoms with Crippen molar-refractivity contribution in [3.05, 3.63) is 0 Å². The first-order chi connectivity index (χ1) is 4.97. The number of halogens is 1. The Labute approximate surface area is 69.2 Å². The van der Waals surface area contributed by atoms with Crippen LogP contribution >= 0.6 is 0 Å². The second-order valence-corrected chi connectivity index (χ2v) is 5.22. The minimum absolute atomic E-state index is 0.0816. The summed E-state index contributed by atoms with van der Waals surface area (Å²) in [5, 5.41) is 0. The van der Waals surface area contributed by atoms with Crippen LogP contribution in [0.4, 0.5) is 4.39 Å². The van der Waals surface area contributed by atoms with Crippen LogP contribution in [0.1, 0.15) is 46.5 Å². The Bertz CT molecular complexity index is 123. The van der Waals surface area contributed by atoms with Gasteiger partial charge in [0, 0.05) is 0 Å². The maximum absolute atomic E-state index is 12.6. The molecule has 0 nitrogen and oxygen atoms in total. The zero-order valence-electron chi connectivity index (χ0n) is 7.91. The molecule has 0 radical (unpaired) electrons. The Kier molecular flexibility index (Phi) is 2.27. The lowest BCUT2D eigenvalue weighted by atomic mass is 9.62. The zero-order chi connectivity index (χ0) is 8.54. The average molecular weight is 158 g/mol. The minimum atomic E-state index is -0.107. The molecular formula is C10H19F. The summed E-state index contributed by atoms with van der Waals surface area (Å²) in [7, 11) is 0. The second-order valence-electron chi connectivity index (χ2n) is 5.22. The van der Waals surface area contributed by atoms with E-state index in [1.807, 2.05) is 0 Å². The van der Waals surface area contributed by atoms with Crippen LogP contribution in [0.5, 0.6) is 0 Å². The number of alkyl halides is 1. The fourth-order valence-corrected chi connectivity index (χ4v) is 2.16. The molecule has 0 N–H and O–H groups in total. The third-order valence-corrected chi connectivity index (χ3v) is 2.60. The van der Waals surface area contributed by atoms with Crippen LogP contribution in [0.2, 0.25) is 0 Å². The summed E-state index contributed by atoms with van der Waals surface area (Å²) < 4.78 is 12.6. The molecule has 11 heavy (non-hydrogen) atoms. The lowest BCUT2D eigenvalue weighted by Gasteiger charge is -2.43. The van der Waals surface area contributed by atoms with Crippen molar-refractivity contribution >= 4 is 0 Å². The third-order valence-electron chi connectivity index (χ3n) is 2.60. The monoisotopic (exact) mass is 158 g/mol. The van der Waals surface area contributed by atoms with E-state index in [-0.39, 0.29) is 12.1 Å². The van der Waals surface area contributed by atoms with Crippen molar-refractivity contribution in [2.75, 3.05) is 6.67 Å². The zero-order valence-corrected chi connectivity index (χ0v) is 7.91. The van der Waals surface area contributed by atoms with Crippen molar-refractivity contribution in [1.29, 1.82) is 0 Å². The molecule has 1 heteroatoms. The van der Waals surface area contributed by atoms with Crippen molar-refractivity contribution in [3.8, 4) is 0 Å². The van der Waals surface area contributed by atoms with Crippen molar-refractivity contribution < 1.29 is 4.39 Å². The van der Waals surface area contributed by atoms with Crippen LogP contribution in [0, 0.1) is 10.8 Å². The van der Waals surface area contributed by atoms with E-state index in [4.69, 9.17) is 0 Å². The van der Waals surface area contributed by atoms with E-state index in [1.165, 1.54) is 6.42 Å². The largest absolute Gasteiger partial charge is 0.250 e. The summed E-state index contributed by atoms with van der Waals surface area (Å²) in [5.74, 6) is 0. The lowest BCUT2D eigenvalue weighted by Crippen LogP contribution is -2.35. The molecule has 0 bridgehead atoms. The van der Waals surface area contributed by atoms with Gasteiger partial charge in [0.1, 0.15) is 0 Å². The molecule has 0 saturated heterocycles. The summed E-state index contributed by atoms with van der Waals surface area (Å²) in [6.07, 6.45) is 4.51.